The first-order valence-corrected chi connectivity index (χ1v) is 8.43. The van der Waals surface area contributed by atoms with Crippen molar-refractivity contribution in [3.05, 3.63) is 65.7 Å². The van der Waals surface area contributed by atoms with Crippen LogP contribution in [0.3, 0.4) is 0 Å². The molecule has 1 fully saturated rings. The summed E-state index contributed by atoms with van der Waals surface area (Å²) in [5, 5.41) is 3.18. The van der Waals surface area contributed by atoms with Crippen LogP contribution < -0.4 is 10.1 Å². The molecule has 2 aromatic rings. The molecule has 0 aliphatic carbocycles. The zero-order valence-corrected chi connectivity index (χ0v) is 13.9. The molecule has 1 N–H and O–H groups in total. The Hall–Kier alpha value is -2.33. The van der Waals surface area contributed by atoms with Crippen molar-refractivity contribution in [3.8, 4) is 5.75 Å². The molecule has 4 nitrogen and oxygen atoms in total. The molecule has 1 heterocycles. The summed E-state index contributed by atoms with van der Waals surface area (Å²) in [5.41, 5.74) is 2.10. The third kappa shape index (κ3) is 3.95. The summed E-state index contributed by atoms with van der Waals surface area (Å²) < 4.78 is 10.8. The number of carbonyl (C=O) groups excluding carboxylic acids is 1. The number of ether oxygens (including phenoxy) is 2. The van der Waals surface area contributed by atoms with E-state index in [1.807, 2.05) is 61.5 Å². The smallest absolute Gasteiger partial charge is 0.226 e. The first-order chi connectivity index (χ1) is 11.8. The van der Waals surface area contributed by atoms with E-state index >= 15 is 0 Å². The fourth-order valence-electron chi connectivity index (χ4n) is 2.93. The molecule has 1 amide bonds. The normalized spacial score (nSPS) is 18.1. The Labute approximate surface area is 142 Å². The Morgan fingerprint density at radius 1 is 1.17 bits per heavy atom. The highest BCUT2D eigenvalue weighted by molar-refractivity contribution is 5.80. The Bertz CT molecular complexity index is 648. The van der Waals surface area contributed by atoms with Crippen LogP contribution in [-0.4, -0.2) is 25.7 Å². The lowest BCUT2D eigenvalue weighted by molar-refractivity contribution is -0.125. The van der Waals surface area contributed by atoms with Gasteiger partial charge in [0.25, 0.3) is 0 Å². The Morgan fingerprint density at radius 2 is 1.88 bits per heavy atom. The quantitative estimate of drug-likeness (QED) is 0.886. The monoisotopic (exact) mass is 325 g/mol. The van der Waals surface area contributed by atoms with Gasteiger partial charge in [-0.2, -0.15) is 0 Å². The first kappa shape index (κ1) is 16.5. The number of rotatable bonds is 6. The summed E-state index contributed by atoms with van der Waals surface area (Å²) in [7, 11) is 0. The van der Waals surface area contributed by atoms with Crippen LogP contribution >= 0.6 is 0 Å². The van der Waals surface area contributed by atoms with Crippen molar-refractivity contribution < 1.29 is 14.3 Å². The van der Waals surface area contributed by atoms with Crippen molar-refractivity contribution in [1.82, 2.24) is 5.32 Å². The first-order valence-electron chi connectivity index (χ1n) is 8.43. The molecule has 0 unspecified atom stereocenters. The average molecular weight is 325 g/mol. The van der Waals surface area contributed by atoms with Crippen LogP contribution in [0.1, 0.15) is 30.5 Å². The number of benzene rings is 2. The summed E-state index contributed by atoms with van der Waals surface area (Å²) in [4.78, 5) is 12.6. The SMILES string of the molecule is CCOc1ccc([C@@H](NC(=O)[C@H]2CCOC2)c2ccccc2)cc1. The highest BCUT2D eigenvalue weighted by atomic mass is 16.5. The minimum Gasteiger partial charge on any atom is -0.494 e. The molecule has 3 rings (SSSR count). The Kier molecular flexibility index (Phi) is 5.49. The lowest BCUT2D eigenvalue weighted by Crippen LogP contribution is -2.34. The van der Waals surface area contributed by atoms with Gasteiger partial charge in [-0.3, -0.25) is 4.79 Å². The zero-order valence-electron chi connectivity index (χ0n) is 13.9. The third-order valence-electron chi connectivity index (χ3n) is 4.24. The van der Waals surface area contributed by atoms with E-state index in [4.69, 9.17) is 9.47 Å². The van der Waals surface area contributed by atoms with Crippen LogP contribution in [0, 0.1) is 5.92 Å². The van der Waals surface area contributed by atoms with Crippen LogP contribution in [0.2, 0.25) is 0 Å². The average Bonchev–Trinajstić information content (AvgIpc) is 3.16. The standard InChI is InChI=1S/C20H23NO3/c1-2-24-18-10-8-16(9-11-18)19(15-6-4-3-5-7-15)21-20(22)17-12-13-23-14-17/h3-11,17,19H,2,12-14H2,1H3,(H,21,22)/t17-,19-/m0/s1. The number of amides is 1. The van der Waals surface area contributed by atoms with E-state index in [0.29, 0.717) is 19.8 Å². The van der Waals surface area contributed by atoms with Crippen LogP contribution in [0.15, 0.2) is 54.6 Å². The lowest BCUT2D eigenvalue weighted by Gasteiger charge is -2.22. The lowest BCUT2D eigenvalue weighted by atomic mass is 9.97. The van der Waals surface area contributed by atoms with Gasteiger partial charge >= 0.3 is 0 Å². The summed E-state index contributed by atoms with van der Waals surface area (Å²) in [6.45, 7) is 3.78. The molecule has 1 aliphatic heterocycles. The molecule has 24 heavy (non-hydrogen) atoms. The van der Waals surface area contributed by atoms with E-state index in [-0.39, 0.29) is 17.9 Å². The van der Waals surface area contributed by atoms with Gasteiger partial charge in [-0.15, -0.1) is 0 Å². The van der Waals surface area contributed by atoms with Crippen LogP contribution in [0.5, 0.6) is 5.75 Å². The van der Waals surface area contributed by atoms with Crippen LogP contribution in [-0.2, 0) is 9.53 Å². The summed E-state index contributed by atoms with van der Waals surface area (Å²) in [6.07, 6.45) is 0.788. The Morgan fingerprint density at radius 3 is 2.50 bits per heavy atom. The number of hydrogen-bond donors (Lipinski definition) is 1. The molecule has 0 spiro atoms. The summed E-state index contributed by atoms with van der Waals surface area (Å²) in [6, 6.07) is 17.8. The van der Waals surface area contributed by atoms with Crippen molar-refractivity contribution >= 4 is 5.91 Å². The van der Waals surface area contributed by atoms with E-state index < -0.39 is 0 Å². The number of nitrogens with one attached hydrogen (secondary N) is 1. The van der Waals surface area contributed by atoms with Crippen molar-refractivity contribution in [3.63, 3.8) is 0 Å². The van der Waals surface area contributed by atoms with E-state index in [9.17, 15) is 4.79 Å². The maximum absolute atomic E-state index is 12.6. The topological polar surface area (TPSA) is 47.6 Å². The van der Waals surface area contributed by atoms with Gasteiger partial charge in [-0.25, -0.2) is 0 Å². The van der Waals surface area contributed by atoms with Crippen LogP contribution in [0.4, 0.5) is 0 Å². The molecule has 0 bridgehead atoms. The number of hydrogen-bond acceptors (Lipinski definition) is 3. The fraction of sp³-hybridized carbons (Fsp3) is 0.350. The summed E-state index contributed by atoms with van der Waals surface area (Å²) in [5.74, 6) is 0.831. The van der Waals surface area contributed by atoms with E-state index in [1.165, 1.54) is 0 Å². The molecule has 0 radical (unpaired) electrons. The second kappa shape index (κ2) is 7.97. The molecular formula is C20H23NO3. The van der Waals surface area contributed by atoms with Crippen molar-refractivity contribution in [2.24, 2.45) is 5.92 Å². The highest BCUT2D eigenvalue weighted by Crippen LogP contribution is 2.25. The molecule has 2 atom stereocenters. The molecule has 0 aromatic heterocycles. The highest BCUT2D eigenvalue weighted by Gasteiger charge is 2.26. The minimum absolute atomic E-state index is 0.0511. The van der Waals surface area contributed by atoms with E-state index in [0.717, 1.165) is 23.3 Å². The van der Waals surface area contributed by atoms with E-state index in [2.05, 4.69) is 5.32 Å². The molecule has 4 heteroatoms. The molecule has 1 saturated heterocycles. The van der Waals surface area contributed by atoms with Gasteiger partial charge < -0.3 is 14.8 Å². The van der Waals surface area contributed by atoms with Gasteiger partial charge in [0.05, 0.1) is 25.2 Å². The summed E-state index contributed by atoms with van der Waals surface area (Å²) >= 11 is 0. The van der Waals surface area contributed by atoms with Gasteiger partial charge in [0.1, 0.15) is 5.75 Å². The van der Waals surface area contributed by atoms with Crippen molar-refractivity contribution in [2.75, 3.05) is 19.8 Å². The number of carbonyl (C=O) groups is 1. The van der Waals surface area contributed by atoms with Gasteiger partial charge in [-0.1, -0.05) is 42.5 Å². The molecule has 2 aromatic carbocycles. The zero-order chi connectivity index (χ0) is 16.8. The predicted octanol–water partition coefficient (Wildman–Crippen LogP) is 3.33. The van der Waals surface area contributed by atoms with Gasteiger partial charge in [0.15, 0.2) is 0 Å². The second-order valence-electron chi connectivity index (χ2n) is 5.91. The van der Waals surface area contributed by atoms with Crippen molar-refractivity contribution in [1.29, 1.82) is 0 Å². The van der Waals surface area contributed by atoms with Gasteiger partial charge in [0, 0.05) is 6.61 Å². The van der Waals surface area contributed by atoms with Gasteiger partial charge in [0.2, 0.25) is 5.91 Å². The minimum atomic E-state index is -0.171. The fourth-order valence-corrected chi connectivity index (χ4v) is 2.93. The maximum Gasteiger partial charge on any atom is 0.226 e. The molecule has 0 saturated carbocycles. The maximum atomic E-state index is 12.6. The van der Waals surface area contributed by atoms with Crippen molar-refractivity contribution in [2.45, 2.75) is 19.4 Å². The van der Waals surface area contributed by atoms with Crippen LogP contribution in [0.25, 0.3) is 0 Å². The molecular weight excluding hydrogens is 302 g/mol. The van der Waals surface area contributed by atoms with E-state index in [1.54, 1.807) is 0 Å². The molecule has 126 valence electrons. The molecule has 1 aliphatic rings. The second-order valence-corrected chi connectivity index (χ2v) is 5.91. The largest absolute Gasteiger partial charge is 0.494 e. The Balaban J connectivity index is 1.83. The third-order valence-corrected chi connectivity index (χ3v) is 4.24. The predicted molar refractivity (Wildman–Crippen MR) is 93.0 cm³/mol. The van der Waals surface area contributed by atoms with Gasteiger partial charge in [-0.05, 0) is 36.6 Å².